The summed E-state index contributed by atoms with van der Waals surface area (Å²) in [7, 11) is 0. The van der Waals surface area contributed by atoms with E-state index in [0.29, 0.717) is 17.6 Å². The first kappa shape index (κ1) is 28.2. The average molecular weight is 640 g/mol. The minimum Gasteiger partial charge on any atom is -0.309 e. The number of rotatable bonds is 5. The van der Waals surface area contributed by atoms with Gasteiger partial charge in [0.05, 0.1) is 22.1 Å². The zero-order valence-corrected chi connectivity index (χ0v) is 27.0. The van der Waals surface area contributed by atoms with Gasteiger partial charge in [0.25, 0.3) is 0 Å². The molecule has 0 amide bonds. The molecule has 0 aliphatic carbocycles. The number of aromatic nitrogens is 5. The Bertz CT molecular complexity index is 2760. The highest BCUT2D eigenvalue weighted by Gasteiger charge is 2.18. The Morgan fingerprint density at radius 3 is 1.30 bits per heavy atom. The molecular formula is C45H29N5. The summed E-state index contributed by atoms with van der Waals surface area (Å²) in [6.45, 7) is 0. The SMILES string of the molecule is c1ccc(-c2nc(-c3cccc(-c4ccc(-n5c6ccccc6c6ccccc65)cc4)c3)nc(-n3c4ccccc4c4ccccc43)n2)cc1. The summed E-state index contributed by atoms with van der Waals surface area (Å²) in [4.78, 5) is 15.3. The second-order valence-corrected chi connectivity index (χ2v) is 12.5. The van der Waals surface area contributed by atoms with Gasteiger partial charge in [0.1, 0.15) is 0 Å². The first-order valence-corrected chi connectivity index (χ1v) is 16.8. The molecule has 3 heterocycles. The molecule has 10 rings (SSSR count). The summed E-state index contributed by atoms with van der Waals surface area (Å²) in [5.41, 5.74) is 9.73. The third-order valence-electron chi connectivity index (χ3n) is 9.60. The van der Waals surface area contributed by atoms with Crippen LogP contribution < -0.4 is 0 Å². The van der Waals surface area contributed by atoms with Crippen LogP contribution in [-0.2, 0) is 0 Å². The van der Waals surface area contributed by atoms with Crippen LogP contribution >= 0.6 is 0 Å². The van der Waals surface area contributed by atoms with Crippen LogP contribution in [0.5, 0.6) is 0 Å². The number of para-hydroxylation sites is 4. The monoisotopic (exact) mass is 639 g/mol. The normalized spacial score (nSPS) is 11.6. The Morgan fingerprint density at radius 2 is 0.740 bits per heavy atom. The van der Waals surface area contributed by atoms with Gasteiger partial charge in [-0.05, 0) is 53.6 Å². The van der Waals surface area contributed by atoms with Gasteiger partial charge in [-0.2, -0.15) is 9.97 Å². The van der Waals surface area contributed by atoms with Gasteiger partial charge in [-0.25, -0.2) is 4.98 Å². The van der Waals surface area contributed by atoms with Crippen molar-refractivity contribution in [2.45, 2.75) is 0 Å². The quantitative estimate of drug-likeness (QED) is 0.188. The van der Waals surface area contributed by atoms with Crippen LogP contribution in [0.1, 0.15) is 0 Å². The van der Waals surface area contributed by atoms with Gasteiger partial charge in [-0.15, -0.1) is 0 Å². The number of hydrogen-bond donors (Lipinski definition) is 0. The number of benzene rings is 7. The first-order chi connectivity index (χ1) is 24.8. The molecule has 0 N–H and O–H groups in total. The van der Waals surface area contributed by atoms with Crippen LogP contribution in [0.3, 0.4) is 0 Å². The molecule has 0 saturated carbocycles. The van der Waals surface area contributed by atoms with Crippen molar-refractivity contribution < 1.29 is 0 Å². The Kier molecular flexibility index (Phi) is 6.42. The fraction of sp³-hybridized carbons (Fsp3) is 0. The number of hydrogen-bond acceptors (Lipinski definition) is 3. The minimum atomic E-state index is 0.590. The summed E-state index contributed by atoms with van der Waals surface area (Å²) >= 11 is 0. The lowest BCUT2D eigenvalue weighted by molar-refractivity contribution is 0.953. The second kappa shape index (κ2) is 11.4. The maximum absolute atomic E-state index is 5.15. The third-order valence-corrected chi connectivity index (χ3v) is 9.60. The van der Waals surface area contributed by atoms with Crippen molar-refractivity contribution in [3.8, 4) is 45.5 Å². The highest BCUT2D eigenvalue weighted by molar-refractivity contribution is 6.10. The summed E-state index contributed by atoms with van der Waals surface area (Å²) < 4.78 is 4.50. The van der Waals surface area contributed by atoms with E-state index >= 15 is 0 Å². The molecule has 50 heavy (non-hydrogen) atoms. The van der Waals surface area contributed by atoms with Gasteiger partial charge < -0.3 is 4.57 Å². The third kappa shape index (κ3) is 4.52. The van der Waals surface area contributed by atoms with Crippen molar-refractivity contribution in [1.29, 1.82) is 0 Å². The van der Waals surface area contributed by atoms with Crippen molar-refractivity contribution in [2.75, 3.05) is 0 Å². The summed E-state index contributed by atoms with van der Waals surface area (Å²) in [6.07, 6.45) is 0. The molecule has 0 atom stereocenters. The molecule has 0 spiro atoms. The summed E-state index contributed by atoms with van der Waals surface area (Å²) in [6, 6.07) is 61.5. The predicted octanol–water partition coefficient (Wildman–Crippen LogP) is 11.1. The maximum Gasteiger partial charge on any atom is 0.238 e. The Morgan fingerprint density at radius 1 is 0.300 bits per heavy atom. The molecular weight excluding hydrogens is 611 g/mol. The summed E-state index contributed by atoms with van der Waals surface area (Å²) in [5.74, 6) is 1.85. The van der Waals surface area contributed by atoms with E-state index in [2.05, 4.69) is 155 Å². The van der Waals surface area contributed by atoms with E-state index in [1.54, 1.807) is 0 Å². The smallest absolute Gasteiger partial charge is 0.238 e. The van der Waals surface area contributed by atoms with Crippen LogP contribution in [-0.4, -0.2) is 24.1 Å². The van der Waals surface area contributed by atoms with Crippen LogP contribution in [0, 0.1) is 0 Å². The van der Waals surface area contributed by atoms with E-state index in [0.717, 1.165) is 49.7 Å². The van der Waals surface area contributed by atoms with Crippen LogP contribution in [0.15, 0.2) is 176 Å². The van der Waals surface area contributed by atoms with Crippen molar-refractivity contribution in [2.24, 2.45) is 0 Å². The molecule has 0 fully saturated rings. The van der Waals surface area contributed by atoms with Gasteiger partial charge in [0.15, 0.2) is 11.6 Å². The molecule has 0 unspecified atom stereocenters. The Balaban J connectivity index is 1.10. The van der Waals surface area contributed by atoms with E-state index in [9.17, 15) is 0 Å². The van der Waals surface area contributed by atoms with Gasteiger partial charge in [-0.3, -0.25) is 4.57 Å². The highest BCUT2D eigenvalue weighted by atomic mass is 15.2. The van der Waals surface area contributed by atoms with Gasteiger partial charge in [0, 0.05) is 38.4 Å². The maximum atomic E-state index is 5.15. The van der Waals surface area contributed by atoms with Gasteiger partial charge >= 0.3 is 0 Å². The van der Waals surface area contributed by atoms with Crippen molar-refractivity contribution in [3.05, 3.63) is 176 Å². The van der Waals surface area contributed by atoms with E-state index < -0.39 is 0 Å². The lowest BCUT2D eigenvalue weighted by atomic mass is 10.0. The molecule has 5 nitrogen and oxygen atoms in total. The number of fused-ring (bicyclic) bond motifs is 6. The van der Waals surface area contributed by atoms with Crippen molar-refractivity contribution >= 4 is 43.6 Å². The molecule has 234 valence electrons. The molecule has 0 aliphatic heterocycles. The largest absolute Gasteiger partial charge is 0.309 e. The zero-order valence-electron chi connectivity index (χ0n) is 27.0. The molecule has 0 bridgehead atoms. The highest BCUT2D eigenvalue weighted by Crippen LogP contribution is 2.35. The van der Waals surface area contributed by atoms with Crippen LogP contribution in [0.2, 0.25) is 0 Å². The molecule has 3 aromatic heterocycles. The predicted molar refractivity (Wildman–Crippen MR) is 205 cm³/mol. The number of nitrogens with zero attached hydrogens (tertiary/aromatic N) is 5. The van der Waals surface area contributed by atoms with Crippen molar-refractivity contribution in [1.82, 2.24) is 24.1 Å². The Labute approximate surface area is 288 Å². The molecule has 5 heteroatoms. The molecule has 10 aromatic rings. The fourth-order valence-electron chi connectivity index (χ4n) is 7.29. The van der Waals surface area contributed by atoms with Gasteiger partial charge in [-0.1, -0.05) is 133 Å². The standard InChI is InChI=1S/C45H29N5/c1-2-13-31(14-3-1)43-46-44(48-45(47-43)50-41-23-10-6-19-37(41)38-20-7-11-24-42(38)50)33-16-12-15-32(29-33)30-25-27-34(28-26-30)49-39-21-8-4-17-35(39)36-18-5-9-22-40(36)49/h1-29H. The second-order valence-electron chi connectivity index (χ2n) is 12.5. The first-order valence-electron chi connectivity index (χ1n) is 16.8. The topological polar surface area (TPSA) is 48.5 Å². The van der Waals surface area contributed by atoms with E-state index in [-0.39, 0.29) is 0 Å². The lowest BCUT2D eigenvalue weighted by Crippen LogP contribution is -2.06. The van der Waals surface area contributed by atoms with Crippen LogP contribution in [0.4, 0.5) is 0 Å². The van der Waals surface area contributed by atoms with Gasteiger partial charge in [0.2, 0.25) is 5.95 Å². The van der Waals surface area contributed by atoms with Crippen LogP contribution in [0.25, 0.3) is 89.2 Å². The van der Waals surface area contributed by atoms with E-state index in [1.807, 2.05) is 30.3 Å². The molecule has 0 aliphatic rings. The molecule has 7 aromatic carbocycles. The lowest BCUT2D eigenvalue weighted by Gasteiger charge is -2.12. The average Bonchev–Trinajstić information content (AvgIpc) is 3.71. The molecule has 0 radical (unpaired) electrons. The van der Waals surface area contributed by atoms with E-state index in [4.69, 9.17) is 15.0 Å². The summed E-state index contributed by atoms with van der Waals surface area (Å²) in [5, 5.41) is 4.84. The zero-order chi connectivity index (χ0) is 33.0. The van der Waals surface area contributed by atoms with E-state index in [1.165, 1.54) is 21.8 Å². The Hall–Kier alpha value is -6.85. The minimum absolute atomic E-state index is 0.590. The van der Waals surface area contributed by atoms with Crippen molar-refractivity contribution in [3.63, 3.8) is 0 Å². The fourth-order valence-corrected chi connectivity index (χ4v) is 7.29. The molecule has 0 saturated heterocycles.